The zero-order valence-electron chi connectivity index (χ0n) is 9.18. The number of allylic oxidation sites excluding steroid dienone is 1. The van der Waals surface area contributed by atoms with Crippen LogP contribution in [0.1, 0.15) is 9.80 Å². The van der Waals surface area contributed by atoms with Gasteiger partial charge < -0.3 is 4.90 Å². The first-order valence-corrected chi connectivity index (χ1v) is 5.73. The van der Waals surface area contributed by atoms with Gasteiger partial charge in [0.1, 0.15) is 0 Å². The molecule has 0 spiro atoms. The van der Waals surface area contributed by atoms with Crippen LogP contribution in [0, 0.1) is 0 Å². The Hall–Kier alpha value is -1.68. The average Bonchev–Trinajstić information content (AvgIpc) is 2.69. The van der Waals surface area contributed by atoms with Gasteiger partial charge in [-0.1, -0.05) is 12.1 Å². The molecule has 0 aliphatic heterocycles. The van der Waals surface area contributed by atoms with Crippen LogP contribution in [-0.2, 0) is 0 Å². The first-order chi connectivity index (χ1) is 7.66. The van der Waals surface area contributed by atoms with Gasteiger partial charge in [0.2, 0.25) is 5.78 Å². The number of hydrogen-bond acceptors (Lipinski definition) is 4. The van der Waals surface area contributed by atoms with Crippen LogP contribution in [0.2, 0.25) is 0 Å². The topological polar surface area (TPSA) is 33.2 Å². The highest BCUT2D eigenvalue weighted by Crippen LogP contribution is 2.21. The third kappa shape index (κ3) is 2.28. The quantitative estimate of drug-likeness (QED) is 0.602. The van der Waals surface area contributed by atoms with Crippen molar-refractivity contribution in [3.63, 3.8) is 0 Å². The number of rotatable bonds is 3. The zero-order chi connectivity index (χ0) is 11.5. The summed E-state index contributed by atoms with van der Waals surface area (Å²) >= 11 is 1.43. The molecule has 1 aromatic heterocycles. The number of carbonyl (C=O) groups is 1. The van der Waals surface area contributed by atoms with Gasteiger partial charge in [0.25, 0.3) is 0 Å². The van der Waals surface area contributed by atoms with E-state index >= 15 is 0 Å². The number of para-hydroxylation sites is 1. The van der Waals surface area contributed by atoms with Gasteiger partial charge in [0.15, 0.2) is 5.01 Å². The summed E-state index contributed by atoms with van der Waals surface area (Å²) in [4.78, 5) is 17.9. The lowest BCUT2D eigenvalue weighted by Crippen LogP contribution is -2.02. The van der Waals surface area contributed by atoms with Crippen LogP contribution in [-0.4, -0.2) is 29.8 Å². The van der Waals surface area contributed by atoms with E-state index in [1.807, 2.05) is 43.3 Å². The number of aromatic nitrogens is 1. The van der Waals surface area contributed by atoms with Gasteiger partial charge in [-0.3, -0.25) is 4.79 Å². The highest BCUT2D eigenvalue weighted by atomic mass is 32.1. The van der Waals surface area contributed by atoms with Crippen LogP contribution in [0.5, 0.6) is 0 Å². The van der Waals surface area contributed by atoms with Crippen LogP contribution in [0.3, 0.4) is 0 Å². The largest absolute Gasteiger partial charge is 0.383 e. The van der Waals surface area contributed by atoms with Crippen molar-refractivity contribution >= 4 is 27.3 Å². The maximum Gasteiger partial charge on any atom is 0.215 e. The van der Waals surface area contributed by atoms with Gasteiger partial charge in [0.05, 0.1) is 10.2 Å². The van der Waals surface area contributed by atoms with E-state index in [1.165, 1.54) is 17.4 Å². The minimum Gasteiger partial charge on any atom is -0.383 e. The molecule has 3 nitrogen and oxygen atoms in total. The molecule has 1 heterocycles. The Morgan fingerprint density at radius 2 is 2.12 bits per heavy atom. The number of fused-ring (bicyclic) bond motifs is 1. The molecular formula is C12H12N2OS. The lowest BCUT2D eigenvalue weighted by Gasteiger charge is -2.01. The van der Waals surface area contributed by atoms with Crippen molar-refractivity contribution in [2.24, 2.45) is 0 Å². The van der Waals surface area contributed by atoms with Gasteiger partial charge in [-0.05, 0) is 12.1 Å². The first kappa shape index (κ1) is 10.8. The molecule has 4 heteroatoms. The van der Waals surface area contributed by atoms with E-state index in [0.29, 0.717) is 5.01 Å². The van der Waals surface area contributed by atoms with E-state index in [2.05, 4.69) is 4.98 Å². The minimum absolute atomic E-state index is 0.0464. The number of nitrogens with zero attached hydrogens (tertiary/aromatic N) is 2. The molecule has 16 heavy (non-hydrogen) atoms. The molecule has 0 saturated heterocycles. The fourth-order valence-electron chi connectivity index (χ4n) is 1.27. The zero-order valence-corrected chi connectivity index (χ0v) is 9.99. The smallest absolute Gasteiger partial charge is 0.215 e. The number of carbonyl (C=O) groups excluding carboxylic acids is 1. The normalized spacial score (nSPS) is 11.1. The minimum atomic E-state index is -0.0464. The molecule has 0 unspecified atom stereocenters. The van der Waals surface area contributed by atoms with Crippen LogP contribution >= 0.6 is 11.3 Å². The van der Waals surface area contributed by atoms with Crippen molar-refractivity contribution < 1.29 is 4.79 Å². The summed E-state index contributed by atoms with van der Waals surface area (Å²) in [6, 6.07) is 7.76. The van der Waals surface area contributed by atoms with E-state index < -0.39 is 0 Å². The summed E-state index contributed by atoms with van der Waals surface area (Å²) < 4.78 is 1.05. The van der Waals surface area contributed by atoms with E-state index in [0.717, 1.165) is 10.2 Å². The molecule has 1 aromatic carbocycles. The molecule has 0 atom stereocenters. The summed E-state index contributed by atoms with van der Waals surface area (Å²) in [5, 5.41) is 0.541. The van der Waals surface area contributed by atoms with Crippen molar-refractivity contribution in [2.45, 2.75) is 0 Å². The van der Waals surface area contributed by atoms with Gasteiger partial charge in [-0.15, -0.1) is 11.3 Å². The second kappa shape index (κ2) is 4.45. The molecule has 0 radical (unpaired) electrons. The van der Waals surface area contributed by atoms with Crippen molar-refractivity contribution in [2.75, 3.05) is 14.1 Å². The van der Waals surface area contributed by atoms with Crippen LogP contribution < -0.4 is 0 Å². The monoisotopic (exact) mass is 232 g/mol. The van der Waals surface area contributed by atoms with E-state index in [-0.39, 0.29) is 5.78 Å². The fraction of sp³-hybridized carbons (Fsp3) is 0.167. The SMILES string of the molecule is CN(C)C=CC(=O)c1nc2ccccc2s1. The molecule has 0 bridgehead atoms. The Morgan fingerprint density at radius 1 is 1.38 bits per heavy atom. The Bertz CT molecular complexity index is 510. The first-order valence-electron chi connectivity index (χ1n) is 4.91. The summed E-state index contributed by atoms with van der Waals surface area (Å²) in [6.07, 6.45) is 3.27. The van der Waals surface area contributed by atoms with Gasteiger partial charge in [-0.25, -0.2) is 4.98 Å². The predicted molar refractivity (Wildman–Crippen MR) is 66.8 cm³/mol. The number of thiazole rings is 1. The number of hydrogen-bond donors (Lipinski definition) is 0. The summed E-state index contributed by atoms with van der Waals surface area (Å²) in [6.45, 7) is 0. The Morgan fingerprint density at radius 3 is 2.81 bits per heavy atom. The lowest BCUT2D eigenvalue weighted by molar-refractivity contribution is 0.104. The standard InChI is InChI=1S/C12H12N2OS/c1-14(2)8-7-10(15)12-13-9-5-3-4-6-11(9)16-12/h3-8H,1-2H3. The summed E-state index contributed by atoms with van der Waals surface area (Å²) in [7, 11) is 3.75. The van der Waals surface area contributed by atoms with Crippen molar-refractivity contribution in [3.8, 4) is 0 Å². The Balaban J connectivity index is 2.30. The Kier molecular flexibility index (Phi) is 3.01. The van der Waals surface area contributed by atoms with Crippen molar-refractivity contribution in [1.82, 2.24) is 9.88 Å². The maximum atomic E-state index is 11.8. The van der Waals surface area contributed by atoms with E-state index in [1.54, 1.807) is 6.20 Å². The molecular weight excluding hydrogens is 220 g/mol. The maximum absolute atomic E-state index is 11.8. The number of benzene rings is 1. The molecule has 2 aromatic rings. The van der Waals surface area contributed by atoms with Gasteiger partial charge in [-0.2, -0.15) is 0 Å². The lowest BCUT2D eigenvalue weighted by atomic mass is 10.3. The van der Waals surface area contributed by atoms with Crippen LogP contribution in [0.25, 0.3) is 10.2 Å². The molecule has 0 fully saturated rings. The summed E-state index contributed by atoms with van der Waals surface area (Å²) in [5.41, 5.74) is 0.883. The van der Waals surface area contributed by atoms with Crippen LogP contribution in [0.15, 0.2) is 36.5 Å². The molecule has 0 aliphatic carbocycles. The Labute approximate surface area is 98.0 Å². The van der Waals surface area contributed by atoms with Crippen molar-refractivity contribution in [1.29, 1.82) is 0 Å². The second-order valence-corrected chi connectivity index (χ2v) is 4.66. The van der Waals surface area contributed by atoms with E-state index in [9.17, 15) is 4.79 Å². The molecule has 0 N–H and O–H groups in total. The molecule has 0 aliphatic rings. The predicted octanol–water partition coefficient (Wildman–Crippen LogP) is 2.55. The van der Waals surface area contributed by atoms with Crippen LogP contribution in [0.4, 0.5) is 0 Å². The van der Waals surface area contributed by atoms with E-state index in [4.69, 9.17) is 0 Å². The third-order valence-electron chi connectivity index (χ3n) is 2.03. The van der Waals surface area contributed by atoms with Gasteiger partial charge >= 0.3 is 0 Å². The van der Waals surface area contributed by atoms with Gasteiger partial charge in [0, 0.05) is 26.4 Å². The highest BCUT2D eigenvalue weighted by molar-refractivity contribution is 7.20. The van der Waals surface area contributed by atoms with Crippen molar-refractivity contribution in [3.05, 3.63) is 41.5 Å². The average molecular weight is 232 g/mol. The third-order valence-corrected chi connectivity index (χ3v) is 3.08. The molecule has 0 saturated carbocycles. The molecule has 82 valence electrons. The second-order valence-electron chi connectivity index (χ2n) is 3.63. The summed E-state index contributed by atoms with van der Waals surface area (Å²) in [5.74, 6) is -0.0464. The molecule has 2 rings (SSSR count). The number of ketones is 1. The molecule has 0 amide bonds. The fourth-order valence-corrected chi connectivity index (χ4v) is 2.15. The highest BCUT2D eigenvalue weighted by Gasteiger charge is 2.08.